The molecule has 0 saturated carbocycles. The van der Waals surface area contributed by atoms with Gasteiger partial charge in [0, 0.05) is 11.6 Å². The first-order valence-electron chi connectivity index (χ1n) is 4.94. The summed E-state index contributed by atoms with van der Waals surface area (Å²) in [7, 11) is 1.33. The maximum absolute atomic E-state index is 11.2. The van der Waals surface area contributed by atoms with Crippen molar-refractivity contribution in [3.8, 4) is 11.1 Å². The van der Waals surface area contributed by atoms with Crippen LogP contribution in [0.2, 0.25) is 0 Å². The molecule has 5 heteroatoms. The van der Waals surface area contributed by atoms with Crippen molar-refractivity contribution in [1.82, 2.24) is 10.2 Å². The van der Waals surface area contributed by atoms with E-state index in [0.29, 0.717) is 11.1 Å². The maximum atomic E-state index is 11.2. The fourth-order valence-electron chi connectivity index (χ4n) is 1.45. The minimum Gasteiger partial charge on any atom is -0.465 e. The predicted octanol–water partition coefficient (Wildman–Crippen LogP) is 1.22. The van der Waals surface area contributed by atoms with Gasteiger partial charge in [0.2, 0.25) is 0 Å². The molecule has 5 nitrogen and oxygen atoms in total. The summed E-state index contributed by atoms with van der Waals surface area (Å²) in [6.07, 6.45) is 1.55. The highest BCUT2D eigenvalue weighted by atomic mass is 16.5. The van der Waals surface area contributed by atoms with Crippen molar-refractivity contribution >= 4 is 5.97 Å². The van der Waals surface area contributed by atoms with E-state index in [1.807, 2.05) is 0 Å². The molecule has 1 aromatic heterocycles. The Labute approximate surface area is 97.1 Å². The molecule has 0 fully saturated rings. The predicted molar refractivity (Wildman–Crippen MR) is 61.6 cm³/mol. The van der Waals surface area contributed by atoms with Gasteiger partial charge in [0.25, 0.3) is 5.56 Å². The molecule has 0 radical (unpaired) electrons. The van der Waals surface area contributed by atoms with Crippen molar-refractivity contribution in [1.29, 1.82) is 0 Å². The molecule has 2 aromatic rings. The quantitative estimate of drug-likeness (QED) is 0.787. The number of methoxy groups -OCH3 is 1. The summed E-state index contributed by atoms with van der Waals surface area (Å²) >= 11 is 0. The third-order valence-electron chi connectivity index (χ3n) is 2.30. The number of carbonyl (C=O) groups excluding carboxylic acids is 1. The molecule has 0 amide bonds. The van der Waals surface area contributed by atoms with Crippen molar-refractivity contribution in [3.05, 3.63) is 52.4 Å². The van der Waals surface area contributed by atoms with Crippen molar-refractivity contribution in [3.63, 3.8) is 0 Å². The molecule has 0 atom stereocenters. The average Bonchev–Trinajstić information content (AvgIpc) is 2.38. The molecular weight excluding hydrogens is 220 g/mol. The van der Waals surface area contributed by atoms with Crippen LogP contribution in [0.25, 0.3) is 11.1 Å². The van der Waals surface area contributed by atoms with Crippen LogP contribution in [0.1, 0.15) is 10.4 Å². The second kappa shape index (κ2) is 4.61. The lowest BCUT2D eigenvalue weighted by Gasteiger charge is -2.02. The molecule has 1 aromatic carbocycles. The van der Waals surface area contributed by atoms with Crippen LogP contribution in [-0.2, 0) is 4.74 Å². The fourth-order valence-corrected chi connectivity index (χ4v) is 1.45. The van der Waals surface area contributed by atoms with Crippen LogP contribution >= 0.6 is 0 Å². The second-order valence-corrected chi connectivity index (χ2v) is 3.40. The van der Waals surface area contributed by atoms with Crippen LogP contribution in [0, 0.1) is 0 Å². The topological polar surface area (TPSA) is 72.0 Å². The lowest BCUT2D eigenvalue weighted by Crippen LogP contribution is -2.05. The van der Waals surface area contributed by atoms with Gasteiger partial charge in [0.1, 0.15) is 0 Å². The van der Waals surface area contributed by atoms with Crippen LogP contribution in [0.15, 0.2) is 41.3 Å². The molecule has 0 unspecified atom stereocenters. The normalized spacial score (nSPS) is 9.94. The van der Waals surface area contributed by atoms with Gasteiger partial charge < -0.3 is 4.74 Å². The van der Waals surface area contributed by atoms with E-state index in [-0.39, 0.29) is 11.5 Å². The standard InChI is InChI=1S/C12H10N2O3/c1-17-12(16)9-4-2-8(3-5-9)10-6-11(15)14-13-7-10/h2-7H,1H3,(H,14,15). The second-order valence-electron chi connectivity index (χ2n) is 3.40. The van der Waals surface area contributed by atoms with E-state index in [2.05, 4.69) is 14.9 Å². The lowest BCUT2D eigenvalue weighted by atomic mass is 10.1. The van der Waals surface area contributed by atoms with Crippen LogP contribution < -0.4 is 5.56 Å². The fraction of sp³-hybridized carbons (Fsp3) is 0.0833. The zero-order valence-electron chi connectivity index (χ0n) is 9.14. The Morgan fingerprint density at radius 3 is 2.53 bits per heavy atom. The molecule has 0 aliphatic rings. The summed E-state index contributed by atoms with van der Waals surface area (Å²) in [5, 5.41) is 6.01. The largest absolute Gasteiger partial charge is 0.465 e. The van der Waals surface area contributed by atoms with Crippen LogP contribution in [0.5, 0.6) is 0 Å². The maximum Gasteiger partial charge on any atom is 0.337 e. The van der Waals surface area contributed by atoms with Crippen molar-refractivity contribution < 1.29 is 9.53 Å². The summed E-state index contributed by atoms with van der Waals surface area (Å²) in [5.41, 5.74) is 1.72. The van der Waals surface area contributed by atoms with Crippen molar-refractivity contribution in [2.75, 3.05) is 7.11 Å². The summed E-state index contributed by atoms with van der Waals surface area (Å²) in [6.45, 7) is 0. The Morgan fingerprint density at radius 1 is 1.24 bits per heavy atom. The highest BCUT2D eigenvalue weighted by molar-refractivity contribution is 5.89. The number of hydrogen-bond donors (Lipinski definition) is 1. The summed E-state index contributed by atoms with van der Waals surface area (Å²) in [5.74, 6) is -0.388. The van der Waals surface area contributed by atoms with Crippen molar-refractivity contribution in [2.24, 2.45) is 0 Å². The Hall–Kier alpha value is -2.43. The molecule has 1 heterocycles. The van der Waals surface area contributed by atoms with E-state index < -0.39 is 0 Å². The van der Waals surface area contributed by atoms with E-state index in [9.17, 15) is 9.59 Å². The Kier molecular flexibility index (Phi) is 3.00. The highest BCUT2D eigenvalue weighted by Crippen LogP contribution is 2.17. The van der Waals surface area contributed by atoms with Gasteiger partial charge >= 0.3 is 5.97 Å². The van der Waals surface area contributed by atoms with Gasteiger partial charge in [-0.2, -0.15) is 5.10 Å². The Bertz CT molecular complexity index is 587. The molecule has 0 saturated heterocycles. The summed E-state index contributed by atoms with van der Waals surface area (Å²) in [6, 6.07) is 8.20. The molecule has 0 bridgehead atoms. The first-order chi connectivity index (χ1) is 8.20. The number of aromatic amines is 1. The lowest BCUT2D eigenvalue weighted by molar-refractivity contribution is 0.0601. The minimum atomic E-state index is -0.388. The number of ether oxygens (including phenoxy) is 1. The van der Waals surface area contributed by atoms with Gasteiger partial charge in [-0.3, -0.25) is 4.79 Å². The SMILES string of the molecule is COC(=O)c1ccc(-c2cn[nH]c(=O)c2)cc1. The molecule has 2 rings (SSSR count). The van der Waals surface area contributed by atoms with Gasteiger partial charge in [-0.15, -0.1) is 0 Å². The molecule has 1 N–H and O–H groups in total. The number of benzene rings is 1. The number of nitrogens with one attached hydrogen (secondary N) is 1. The third-order valence-corrected chi connectivity index (χ3v) is 2.30. The number of aromatic nitrogens is 2. The summed E-state index contributed by atoms with van der Waals surface area (Å²) < 4.78 is 4.59. The van der Waals surface area contributed by atoms with E-state index in [0.717, 1.165) is 5.56 Å². The zero-order valence-corrected chi connectivity index (χ0v) is 9.14. The molecule has 0 aliphatic carbocycles. The van der Waals surface area contributed by atoms with Gasteiger partial charge in [0.15, 0.2) is 0 Å². The van der Waals surface area contributed by atoms with Crippen LogP contribution in [0.3, 0.4) is 0 Å². The van der Waals surface area contributed by atoms with Gasteiger partial charge in [-0.05, 0) is 17.7 Å². The number of rotatable bonds is 2. The van der Waals surface area contributed by atoms with Crippen LogP contribution in [0.4, 0.5) is 0 Å². The van der Waals surface area contributed by atoms with E-state index in [1.165, 1.54) is 13.2 Å². The Morgan fingerprint density at radius 2 is 1.94 bits per heavy atom. The molecule has 0 aliphatic heterocycles. The number of nitrogens with zero attached hydrogens (tertiary/aromatic N) is 1. The van der Waals surface area contributed by atoms with Crippen LogP contribution in [-0.4, -0.2) is 23.3 Å². The molecule has 17 heavy (non-hydrogen) atoms. The molecule has 86 valence electrons. The highest BCUT2D eigenvalue weighted by Gasteiger charge is 2.05. The smallest absolute Gasteiger partial charge is 0.337 e. The summed E-state index contributed by atoms with van der Waals surface area (Å²) in [4.78, 5) is 22.3. The van der Waals surface area contributed by atoms with Gasteiger partial charge in [-0.1, -0.05) is 12.1 Å². The monoisotopic (exact) mass is 230 g/mol. The zero-order chi connectivity index (χ0) is 12.3. The van der Waals surface area contributed by atoms with Gasteiger partial charge in [0.05, 0.1) is 18.9 Å². The van der Waals surface area contributed by atoms with Gasteiger partial charge in [-0.25, -0.2) is 9.89 Å². The number of hydrogen-bond acceptors (Lipinski definition) is 4. The van der Waals surface area contributed by atoms with Crippen molar-refractivity contribution in [2.45, 2.75) is 0 Å². The van der Waals surface area contributed by atoms with E-state index >= 15 is 0 Å². The number of H-pyrrole nitrogens is 1. The number of esters is 1. The number of carbonyl (C=O) groups is 1. The first-order valence-corrected chi connectivity index (χ1v) is 4.94. The third kappa shape index (κ3) is 2.39. The van der Waals surface area contributed by atoms with E-state index in [4.69, 9.17) is 0 Å². The van der Waals surface area contributed by atoms with E-state index in [1.54, 1.807) is 30.5 Å². The minimum absolute atomic E-state index is 0.264. The molecule has 0 spiro atoms. The Balaban J connectivity index is 2.36. The average molecular weight is 230 g/mol. The molecular formula is C12H10N2O3. The first kappa shape index (κ1) is 11.1.